The predicted octanol–water partition coefficient (Wildman–Crippen LogP) is 3.35. The standard InChI is InChI=1S/C17H22FN3/c1-11-9-14(16(19)21-10-11)15(20-4)17(2,3)12-5-7-13(18)8-6-12/h5-10,15,20H,1-4H3,(H2,19,21). The molecular weight excluding hydrogens is 265 g/mol. The van der Waals surface area contributed by atoms with Gasteiger partial charge in [-0.1, -0.05) is 26.0 Å². The molecule has 3 nitrogen and oxygen atoms in total. The summed E-state index contributed by atoms with van der Waals surface area (Å²) in [5.41, 5.74) is 8.87. The van der Waals surface area contributed by atoms with Gasteiger partial charge in [-0.05, 0) is 43.3 Å². The molecule has 0 saturated carbocycles. The van der Waals surface area contributed by atoms with E-state index in [1.807, 2.05) is 26.1 Å². The Morgan fingerprint density at radius 3 is 2.43 bits per heavy atom. The molecule has 0 radical (unpaired) electrons. The number of pyridine rings is 1. The summed E-state index contributed by atoms with van der Waals surface area (Å²) in [7, 11) is 1.90. The van der Waals surface area contributed by atoms with Crippen LogP contribution in [-0.4, -0.2) is 12.0 Å². The summed E-state index contributed by atoms with van der Waals surface area (Å²) in [6.07, 6.45) is 1.76. The van der Waals surface area contributed by atoms with Crippen molar-refractivity contribution in [1.29, 1.82) is 0 Å². The molecule has 0 saturated heterocycles. The second-order valence-corrected chi connectivity index (χ2v) is 5.94. The Hall–Kier alpha value is -1.94. The van der Waals surface area contributed by atoms with Crippen LogP contribution in [0.3, 0.4) is 0 Å². The molecule has 0 aliphatic carbocycles. The highest BCUT2D eigenvalue weighted by atomic mass is 19.1. The average Bonchev–Trinajstić information content (AvgIpc) is 2.43. The first kappa shape index (κ1) is 15.4. The lowest BCUT2D eigenvalue weighted by Crippen LogP contribution is -2.36. The fraction of sp³-hybridized carbons (Fsp3) is 0.353. The van der Waals surface area contributed by atoms with Crippen molar-refractivity contribution in [2.24, 2.45) is 0 Å². The van der Waals surface area contributed by atoms with E-state index in [4.69, 9.17) is 5.73 Å². The highest BCUT2D eigenvalue weighted by Gasteiger charge is 2.33. The molecule has 0 bridgehead atoms. The number of anilines is 1. The molecule has 1 aromatic carbocycles. The molecule has 2 rings (SSSR count). The topological polar surface area (TPSA) is 50.9 Å². The van der Waals surface area contributed by atoms with Gasteiger partial charge in [0.25, 0.3) is 0 Å². The normalized spacial score (nSPS) is 13.2. The first-order valence-electron chi connectivity index (χ1n) is 7.01. The van der Waals surface area contributed by atoms with Crippen molar-refractivity contribution in [1.82, 2.24) is 10.3 Å². The molecular formula is C17H22FN3. The zero-order valence-corrected chi connectivity index (χ0v) is 12.9. The lowest BCUT2D eigenvalue weighted by atomic mass is 9.75. The van der Waals surface area contributed by atoms with E-state index in [9.17, 15) is 4.39 Å². The van der Waals surface area contributed by atoms with Gasteiger partial charge in [-0.25, -0.2) is 9.37 Å². The van der Waals surface area contributed by atoms with E-state index >= 15 is 0 Å². The van der Waals surface area contributed by atoms with Crippen molar-refractivity contribution < 1.29 is 4.39 Å². The Labute approximate surface area is 125 Å². The number of hydrogen-bond acceptors (Lipinski definition) is 3. The number of nitrogen functional groups attached to an aromatic ring is 1. The summed E-state index contributed by atoms with van der Waals surface area (Å²) in [4.78, 5) is 4.25. The molecule has 4 heteroatoms. The zero-order chi connectivity index (χ0) is 15.6. The van der Waals surface area contributed by atoms with Crippen molar-refractivity contribution in [2.75, 3.05) is 12.8 Å². The summed E-state index contributed by atoms with van der Waals surface area (Å²) < 4.78 is 13.2. The van der Waals surface area contributed by atoms with Gasteiger partial charge in [0.05, 0.1) is 0 Å². The van der Waals surface area contributed by atoms with Gasteiger partial charge in [-0.15, -0.1) is 0 Å². The number of nitrogens with zero attached hydrogens (tertiary/aromatic N) is 1. The molecule has 1 aromatic heterocycles. The van der Waals surface area contributed by atoms with E-state index in [1.54, 1.807) is 6.20 Å². The van der Waals surface area contributed by atoms with Crippen LogP contribution in [0.15, 0.2) is 36.5 Å². The van der Waals surface area contributed by atoms with Crippen LogP contribution in [0.4, 0.5) is 10.2 Å². The van der Waals surface area contributed by atoms with Crippen LogP contribution in [0.5, 0.6) is 0 Å². The van der Waals surface area contributed by atoms with Gasteiger partial charge in [-0.3, -0.25) is 0 Å². The van der Waals surface area contributed by atoms with Gasteiger partial charge in [0.15, 0.2) is 0 Å². The van der Waals surface area contributed by atoms with Gasteiger partial charge < -0.3 is 11.1 Å². The number of halogens is 1. The largest absolute Gasteiger partial charge is 0.383 e. The molecule has 2 aromatic rings. The first-order chi connectivity index (χ1) is 9.86. The molecule has 21 heavy (non-hydrogen) atoms. The number of likely N-dealkylation sites (N-methyl/N-ethyl adjacent to an activating group) is 1. The third kappa shape index (κ3) is 3.05. The minimum Gasteiger partial charge on any atom is -0.383 e. The molecule has 112 valence electrons. The summed E-state index contributed by atoms with van der Waals surface area (Å²) in [5.74, 6) is 0.294. The predicted molar refractivity (Wildman–Crippen MR) is 84.6 cm³/mol. The molecule has 0 aliphatic rings. The molecule has 0 spiro atoms. The van der Waals surface area contributed by atoms with Gasteiger partial charge in [0.1, 0.15) is 11.6 Å². The molecule has 3 N–H and O–H groups in total. The average molecular weight is 287 g/mol. The van der Waals surface area contributed by atoms with Crippen LogP contribution in [0.25, 0.3) is 0 Å². The second-order valence-electron chi connectivity index (χ2n) is 5.94. The summed E-state index contributed by atoms with van der Waals surface area (Å²) in [6.45, 7) is 6.22. The Bertz CT molecular complexity index is 620. The van der Waals surface area contributed by atoms with Crippen molar-refractivity contribution in [2.45, 2.75) is 32.2 Å². The number of aromatic nitrogens is 1. The van der Waals surface area contributed by atoms with Crippen LogP contribution >= 0.6 is 0 Å². The van der Waals surface area contributed by atoms with Crippen LogP contribution in [0.1, 0.15) is 36.6 Å². The smallest absolute Gasteiger partial charge is 0.128 e. The van der Waals surface area contributed by atoms with Crippen molar-refractivity contribution in [3.63, 3.8) is 0 Å². The number of nitrogens with two attached hydrogens (primary N) is 1. The minimum atomic E-state index is -0.258. The Kier molecular flexibility index (Phi) is 4.28. The molecule has 0 aliphatic heterocycles. The van der Waals surface area contributed by atoms with Gasteiger partial charge >= 0.3 is 0 Å². The van der Waals surface area contributed by atoms with E-state index in [0.717, 1.165) is 16.7 Å². The maximum absolute atomic E-state index is 13.2. The quantitative estimate of drug-likeness (QED) is 0.906. The maximum atomic E-state index is 13.2. The SMILES string of the molecule is CNC(c1cc(C)cnc1N)C(C)(C)c1ccc(F)cc1. The number of benzene rings is 1. The van der Waals surface area contributed by atoms with Gasteiger partial charge in [0, 0.05) is 23.2 Å². The molecule has 1 atom stereocenters. The summed E-state index contributed by atoms with van der Waals surface area (Å²) in [5, 5.41) is 3.33. The zero-order valence-electron chi connectivity index (χ0n) is 12.9. The fourth-order valence-corrected chi connectivity index (χ4v) is 2.78. The van der Waals surface area contributed by atoms with Gasteiger partial charge in [0.2, 0.25) is 0 Å². The minimum absolute atomic E-state index is 0.0182. The third-order valence-electron chi connectivity index (χ3n) is 4.00. The fourth-order valence-electron chi connectivity index (χ4n) is 2.78. The Balaban J connectivity index is 2.48. The van der Waals surface area contributed by atoms with Crippen LogP contribution < -0.4 is 11.1 Å². The Morgan fingerprint density at radius 2 is 1.86 bits per heavy atom. The number of aryl methyl sites for hydroxylation is 1. The van der Waals surface area contributed by atoms with Gasteiger partial charge in [-0.2, -0.15) is 0 Å². The van der Waals surface area contributed by atoms with Crippen LogP contribution in [0, 0.1) is 12.7 Å². The van der Waals surface area contributed by atoms with E-state index in [-0.39, 0.29) is 17.3 Å². The molecule has 0 fully saturated rings. The monoisotopic (exact) mass is 287 g/mol. The lowest BCUT2D eigenvalue weighted by molar-refractivity contribution is 0.368. The highest BCUT2D eigenvalue weighted by Crippen LogP contribution is 2.38. The summed E-state index contributed by atoms with van der Waals surface area (Å²) >= 11 is 0. The van der Waals surface area contributed by atoms with Crippen LogP contribution in [0.2, 0.25) is 0 Å². The van der Waals surface area contributed by atoms with E-state index in [1.165, 1.54) is 12.1 Å². The van der Waals surface area contributed by atoms with Crippen molar-refractivity contribution in [3.8, 4) is 0 Å². The number of nitrogens with one attached hydrogen (secondary N) is 1. The van der Waals surface area contributed by atoms with E-state index in [2.05, 4.69) is 30.2 Å². The second kappa shape index (κ2) is 5.82. The maximum Gasteiger partial charge on any atom is 0.128 e. The Morgan fingerprint density at radius 1 is 1.24 bits per heavy atom. The van der Waals surface area contributed by atoms with E-state index < -0.39 is 0 Å². The molecule has 0 amide bonds. The van der Waals surface area contributed by atoms with Crippen molar-refractivity contribution >= 4 is 5.82 Å². The highest BCUT2D eigenvalue weighted by molar-refractivity contribution is 5.46. The third-order valence-corrected chi connectivity index (χ3v) is 4.00. The first-order valence-corrected chi connectivity index (χ1v) is 7.01. The molecule has 1 unspecified atom stereocenters. The summed E-state index contributed by atoms with van der Waals surface area (Å²) in [6, 6.07) is 8.64. The van der Waals surface area contributed by atoms with Crippen molar-refractivity contribution in [3.05, 3.63) is 59.0 Å². The van der Waals surface area contributed by atoms with E-state index in [0.29, 0.717) is 5.82 Å². The van der Waals surface area contributed by atoms with Crippen LogP contribution in [-0.2, 0) is 5.41 Å². The molecule has 1 heterocycles. The number of hydrogen-bond donors (Lipinski definition) is 2. The lowest BCUT2D eigenvalue weighted by Gasteiger charge is -2.35. The number of rotatable bonds is 4.